The van der Waals surface area contributed by atoms with Gasteiger partial charge in [-0.15, -0.1) is 11.3 Å². The van der Waals surface area contributed by atoms with Crippen LogP contribution in [0.5, 0.6) is 0 Å². The fourth-order valence-electron chi connectivity index (χ4n) is 2.49. The monoisotopic (exact) mass is 386 g/mol. The molecule has 0 aliphatic carbocycles. The molecule has 0 saturated heterocycles. The van der Waals surface area contributed by atoms with E-state index in [4.69, 9.17) is 4.74 Å². The van der Waals surface area contributed by atoms with Gasteiger partial charge >= 0.3 is 6.09 Å². The average Bonchev–Trinajstić information content (AvgIpc) is 3.00. The third kappa shape index (κ3) is 4.85. The summed E-state index contributed by atoms with van der Waals surface area (Å²) in [6.07, 6.45) is -0.478. The minimum absolute atomic E-state index is 0.0844. The van der Waals surface area contributed by atoms with Crippen molar-refractivity contribution in [2.45, 2.75) is 27.3 Å². The van der Waals surface area contributed by atoms with Crippen LogP contribution in [-0.2, 0) is 11.3 Å². The Morgan fingerprint density at radius 1 is 1.30 bits per heavy atom. The average molecular weight is 386 g/mol. The molecule has 0 saturated carbocycles. The highest BCUT2D eigenvalue weighted by Crippen LogP contribution is 2.17. The van der Waals surface area contributed by atoms with Crippen molar-refractivity contribution in [3.8, 4) is 0 Å². The molecule has 0 aliphatic heterocycles. The summed E-state index contributed by atoms with van der Waals surface area (Å²) in [4.78, 5) is 29.2. The highest BCUT2D eigenvalue weighted by atomic mass is 32.1. The number of ether oxygens (including phenoxy) is 1. The van der Waals surface area contributed by atoms with Gasteiger partial charge in [0.25, 0.3) is 5.56 Å². The smallest absolute Gasteiger partial charge is 0.411 e. The van der Waals surface area contributed by atoms with E-state index in [1.54, 1.807) is 16.5 Å². The molecule has 0 spiro atoms. The van der Waals surface area contributed by atoms with Crippen molar-refractivity contribution in [2.75, 3.05) is 17.2 Å². The summed E-state index contributed by atoms with van der Waals surface area (Å²) in [5, 5.41) is 7.84. The number of hydrogen-bond acceptors (Lipinski definition) is 6. The van der Waals surface area contributed by atoms with Gasteiger partial charge in [-0.05, 0) is 31.0 Å². The molecule has 2 heterocycles. The van der Waals surface area contributed by atoms with Crippen molar-refractivity contribution < 1.29 is 9.53 Å². The zero-order chi connectivity index (χ0) is 19.4. The van der Waals surface area contributed by atoms with E-state index in [2.05, 4.69) is 15.6 Å². The summed E-state index contributed by atoms with van der Waals surface area (Å²) < 4.78 is 6.71. The standard InChI is InChI=1S/C19H22N4O3S/c1-12(2)10-26-19(25)22-15-6-4-5-14(7-15)20-9-16-8-17(24)23-13(3)11-27-18(23)21-16/h4-8,11-12,20H,9-10H2,1-3H3,(H,22,25). The number of nitrogens with zero attached hydrogens (tertiary/aromatic N) is 2. The Hall–Kier alpha value is -2.87. The number of benzene rings is 1. The predicted octanol–water partition coefficient (Wildman–Crippen LogP) is 3.88. The van der Waals surface area contributed by atoms with Gasteiger partial charge in [-0.3, -0.25) is 14.5 Å². The summed E-state index contributed by atoms with van der Waals surface area (Å²) in [6, 6.07) is 8.83. The number of fused-ring (bicyclic) bond motifs is 1. The summed E-state index contributed by atoms with van der Waals surface area (Å²) in [7, 11) is 0. The molecule has 0 bridgehead atoms. The van der Waals surface area contributed by atoms with E-state index in [9.17, 15) is 9.59 Å². The second-order valence-corrected chi connectivity index (χ2v) is 7.47. The summed E-state index contributed by atoms with van der Waals surface area (Å²) in [5.41, 5.74) is 2.90. The van der Waals surface area contributed by atoms with E-state index in [0.29, 0.717) is 29.5 Å². The maximum atomic E-state index is 12.2. The first kappa shape index (κ1) is 18.9. The molecule has 27 heavy (non-hydrogen) atoms. The summed E-state index contributed by atoms with van der Waals surface area (Å²) in [6.45, 7) is 6.62. The van der Waals surface area contributed by atoms with Gasteiger partial charge in [0.05, 0.1) is 18.8 Å². The maximum Gasteiger partial charge on any atom is 0.411 e. The Labute approximate surface area is 161 Å². The highest BCUT2D eigenvalue weighted by molar-refractivity contribution is 7.15. The molecule has 0 unspecified atom stereocenters. The zero-order valence-electron chi connectivity index (χ0n) is 15.5. The molecule has 2 aromatic heterocycles. The van der Waals surface area contributed by atoms with Crippen molar-refractivity contribution in [1.29, 1.82) is 0 Å². The van der Waals surface area contributed by atoms with Gasteiger partial charge < -0.3 is 10.1 Å². The van der Waals surface area contributed by atoms with Crippen LogP contribution in [0.3, 0.4) is 0 Å². The van der Waals surface area contributed by atoms with Crippen LogP contribution in [0, 0.1) is 12.8 Å². The van der Waals surface area contributed by atoms with Gasteiger partial charge in [-0.25, -0.2) is 9.78 Å². The lowest BCUT2D eigenvalue weighted by atomic mass is 10.2. The zero-order valence-corrected chi connectivity index (χ0v) is 16.3. The third-order valence-corrected chi connectivity index (χ3v) is 4.70. The van der Waals surface area contributed by atoms with Gasteiger partial charge in [-0.1, -0.05) is 19.9 Å². The first-order valence-corrected chi connectivity index (χ1v) is 9.55. The molecule has 1 aromatic carbocycles. The largest absolute Gasteiger partial charge is 0.449 e. The minimum atomic E-state index is -0.478. The van der Waals surface area contributed by atoms with Crippen molar-refractivity contribution in [1.82, 2.24) is 9.38 Å². The molecule has 3 aromatic rings. The van der Waals surface area contributed by atoms with E-state index in [1.807, 2.05) is 38.3 Å². The van der Waals surface area contributed by atoms with Crippen LogP contribution in [0.1, 0.15) is 25.2 Å². The Morgan fingerprint density at radius 2 is 2.07 bits per heavy atom. The van der Waals surface area contributed by atoms with Gasteiger partial charge in [0.15, 0.2) is 4.96 Å². The molecule has 0 fully saturated rings. The van der Waals surface area contributed by atoms with Crippen LogP contribution in [0.2, 0.25) is 0 Å². The number of hydrogen-bond donors (Lipinski definition) is 2. The van der Waals surface area contributed by atoms with Crippen molar-refractivity contribution in [3.05, 3.63) is 57.5 Å². The highest BCUT2D eigenvalue weighted by Gasteiger charge is 2.08. The maximum absolute atomic E-state index is 12.2. The van der Waals surface area contributed by atoms with Crippen LogP contribution in [0.15, 0.2) is 40.5 Å². The molecule has 142 valence electrons. The molecule has 7 nitrogen and oxygen atoms in total. The second-order valence-electron chi connectivity index (χ2n) is 6.63. The first-order chi connectivity index (χ1) is 12.9. The number of thiazole rings is 1. The number of aromatic nitrogens is 2. The summed E-state index contributed by atoms with van der Waals surface area (Å²) >= 11 is 1.44. The first-order valence-electron chi connectivity index (χ1n) is 8.67. The molecular formula is C19H22N4O3S. The lowest BCUT2D eigenvalue weighted by molar-refractivity contribution is 0.147. The van der Waals surface area contributed by atoms with E-state index in [-0.39, 0.29) is 11.5 Å². The molecule has 0 radical (unpaired) electrons. The van der Waals surface area contributed by atoms with E-state index in [0.717, 1.165) is 11.4 Å². The number of amides is 1. The molecule has 1 amide bonds. The van der Waals surface area contributed by atoms with Crippen LogP contribution in [0.4, 0.5) is 16.2 Å². The third-order valence-electron chi connectivity index (χ3n) is 3.76. The molecule has 8 heteroatoms. The molecule has 0 atom stereocenters. The topological polar surface area (TPSA) is 84.7 Å². The van der Waals surface area contributed by atoms with Crippen LogP contribution in [-0.4, -0.2) is 22.1 Å². The number of rotatable bonds is 6. The van der Waals surface area contributed by atoms with Gasteiger partial charge in [0.1, 0.15) is 0 Å². The fourth-order valence-corrected chi connectivity index (χ4v) is 3.38. The Balaban J connectivity index is 1.65. The SMILES string of the molecule is Cc1csc2nc(CNc3cccc(NC(=O)OCC(C)C)c3)cc(=O)n12. The number of aryl methyl sites for hydroxylation is 1. The van der Waals surface area contributed by atoms with E-state index in [1.165, 1.54) is 17.4 Å². The van der Waals surface area contributed by atoms with E-state index < -0.39 is 6.09 Å². The Bertz CT molecular complexity index is 1010. The number of carbonyl (C=O) groups excluding carboxylic acids is 1. The second kappa shape index (κ2) is 8.22. The van der Waals surface area contributed by atoms with E-state index >= 15 is 0 Å². The molecule has 0 aliphatic rings. The Kier molecular flexibility index (Phi) is 5.75. The van der Waals surface area contributed by atoms with Crippen molar-refractivity contribution in [2.24, 2.45) is 5.92 Å². The van der Waals surface area contributed by atoms with Gasteiger partial charge in [-0.2, -0.15) is 0 Å². The van der Waals surface area contributed by atoms with Crippen LogP contribution in [0.25, 0.3) is 4.96 Å². The lowest BCUT2D eigenvalue weighted by Gasteiger charge is -2.11. The Morgan fingerprint density at radius 3 is 2.85 bits per heavy atom. The summed E-state index contributed by atoms with van der Waals surface area (Å²) in [5.74, 6) is 0.282. The quantitative estimate of drug-likeness (QED) is 0.672. The number of nitrogens with one attached hydrogen (secondary N) is 2. The molecular weight excluding hydrogens is 364 g/mol. The fraction of sp³-hybridized carbons (Fsp3) is 0.316. The van der Waals surface area contributed by atoms with Crippen molar-refractivity contribution >= 4 is 33.8 Å². The number of anilines is 2. The minimum Gasteiger partial charge on any atom is -0.449 e. The van der Waals surface area contributed by atoms with Crippen LogP contribution >= 0.6 is 11.3 Å². The normalized spacial score (nSPS) is 11.0. The number of carbonyl (C=O) groups is 1. The van der Waals surface area contributed by atoms with Gasteiger partial charge in [0, 0.05) is 28.5 Å². The molecule has 3 rings (SSSR count). The van der Waals surface area contributed by atoms with Gasteiger partial charge in [0.2, 0.25) is 0 Å². The molecule has 2 N–H and O–H groups in total. The predicted molar refractivity (Wildman–Crippen MR) is 108 cm³/mol. The lowest BCUT2D eigenvalue weighted by Crippen LogP contribution is -2.17. The van der Waals surface area contributed by atoms with Crippen molar-refractivity contribution in [3.63, 3.8) is 0 Å². The van der Waals surface area contributed by atoms with Crippen LogP contribution < -0.4 is 16.2 Å².